The van der Waals surface area contributed by atoms with E-state index < -0.39 is 5.60 Å². The van der Waals surface area contributed by atoms with Crippen LogP contribution in [0.5, 0.6) is 0 Å². The van der Waals surface area contributed by atoms with Crippen LogP contribution in [0.4, 0.5) is 5.69 Å². The van der Waals surface area contributed by atoms with E-state index in [-0.39, 0.29) is 11.8 Å². The molecule has 2 saturated heterocycles. The van der Waals surface area contributed by atoms with Gasteiger partial charge in [0.1, 0.15) is 0 Å². The number of aromatic nitrogens is 2. The summed E-state index contributed by atoms with van der Waals surface area (Å²) in [6.07, 6.45) is 7.49. The third-order valence-electron chi connectivity index (χ3n) is 10.00. The van der Waals surface area contributed by atoms with Gasteiger partial charge in [-0.1, -0.05) is 61.5 Å². The molecule has 1 amide bonds. The molecule has 2 aliphatic heterocycles. The summed E-state index contributed by atoms with van der Waals surface area (Å²) in [4.78, 5) is 20.2. The molecular formula is C35H41N5O2. The SMILES string of the molecule is CCN1CCC(c2ccc(-c3cc4c(N5CCN(C(=O)C6CC(O)(c7ccccc7)C6)CC5)ccnn4c3)cc2)CC1. The molecule has 42 heavy (non-hydrogen) atoms. The van der Waals surface area contributed by atoms with Gasteiger partial charge < -0.3 is 19.8 Å². The second-order valence-corrected chi connectivity index (χ2v) is 12.4. The summed E-state index contributed by atoms with van der Waals surface area (Å²) in [7, 11) is 0. The molecule has 4 aromatic rings. The number of piperidine rings is 1. The molecule has 3 aliphatic rings. The van der Waals surface area contributed by atoms with E-state index >= 15 is 0 Å². The maximum atomic E-state index is 13.2. The number of aliphatic hydroxyl groups is 1. The summed E-state index contributed by atoms with van der Waals surface area (Å²) in [5.41, 5.74) is 6.14. The van der Waals surface area contributed by atoms with Crippen molar-refractivity contribution in [1.82, 2.24) is 19.4 Å². The first kappa shape index (κ1) is 27.2. The highest BCUT2D eigenvalue weighted by Gasteiger charge is 2.48. The maximum absolute atomic E-state index is 13.2. The second-order valence-electron chi connectivity index (χ2n) is 12.4. The number of fused-ring (bicyclic) bond motifs is 1. The highest BCUT2D eigenvalue weighted by atomic mass is 16.3. The van der Waals surface area contributed by atoms with Crippen molar-refractivity contribution < 1.29 is 9.90 Å². The van der Waals surface area contributed by atoms with Crippen LogP contribution in [0.2, 0.25) is 0 Å². The van der Waals surface area contributed by atoms with E-state index in [4.69, 9.17) is 0 Å². The number of carbonyl (C=O) groups is 1. The van der Waals surface area contributed by atoms with Crippen LogP contribution in [0.1, 0.15) is 49.7 Å². The number of hydrogen-bond acceptors (Lipinski definition) is 5. The molecule has 0 spiro atoms. The summed E-state index contributed by atoms with van der Waals surface area (Å²) >= 11 is 0. The maximum Gasteiger partial charge on any atom is 0.226 e. The minimum Gasteiger partial charge on any atom is -0.385 e. The molecule has 7 rings (SSSR count). The number of amides is 1. The van der Waals surface area contributed by atoms with E-state index in [0.29, 0.717) is 31.8 Å². The highest BCUT2D eigenvalue weighted by Crippen LogP contribution is 2.46. The van der Waals surface area contributed by atoms with Crippen LogP contribution in [-0.2, 0) is 10.4 Å². The molecule has 218 valence electrons. The van der Waals surface area contributed by atoms with Crippen molar-refractivity contribution in [3.05, 3.63) is 90.3 Å². The Hall–Kier alpha value is -3.68. The van der Waals surface area contributed by atoms with E-state index in [1.54, 1.807) is 0 Å². The monoisotopic (exact) mass is 563 g/mol. The largest absolute Gasteiger partial charge is 0.385 e. The third kappa shape index (κ3) is 5.09. The first-order valence-electron chi connectivity index (χ1n) is 15.6. The number of likely N-dealkylation sites (tertiary alicyclic amines) is 1. The fraction of sp³-hybridized carbons (Fsp3) is 0.429. The van der Waals surface area contributed by atoms with Gasteiger partial charge in [0, 0.05) is 50.1 Å². The van der Waals surface area contributed by atoms with Crippen LogP contribution >= 0.6 is 0 Å². The number of nitrogens with zero attached hydrogens (tertiary/aromatic N) is 5. The normalized spacial score (nSPS) is 23.7. The Kier molecular flexibility index (Phi) is 7.24. The molecule has 1 aliphatic carbocycles. The lowest BCUT2D eigenvalue weighted by atomic mass is 9.67. The van der Waals surface area contributed by atoms with Gasteiger partial charge in [-0.05, 0) is 80.1 Å². The molecule has 7 heteroatoms. The Morgan fingerprint density at radius 3 is 2.31 bits per heavy atom. The first-order valence-corrected chi connectivity index (χ1v) is 15.6. The van der Waals surface area contributed by atoms with Crippen molar-refractivity contribution >= 4 is 17.1 Å². The molecule has 2 aromatic heterocycles. The lowest BCUT2D eigenvalue weighted by Gasteiger charge is -2.46. The molecule has 7 nitrogen and oxygen atoms in total. The standard InChI is InChI=1S/C35H41N5O2/c1-2-37-16-13-28(14-17-37)26-8-10-27(11-9-26)29-22-33-32(12-15-36-40(33)25-29)38-18-20-39(21-19-38)34(41)30-23-35(42,24-30)31-6-4-3-5-7-31/h3-12,15,22,25,28,30,42H,2,13-14,16-21,23-24H2,1H3. The Morgan fingerprint density at radius 1 is 0.905 bits per heavy atom. The van der Waals surface area contributed by atoms with Gasteiger partial charge in [-0.15, -0.1) is 0 Å². The summed E-state index contributed by atoms with van der Waals surface area (Å²) in [5, 5.41) is 15.6. The molecule has 0 radical (unpaired) electrons. The molecule has 3 fully saturated rings. The quantitative estimate of drug-likeness (QED) is 0.352. The fourth-order valence-corrected chi connectivity index (χ4v) is 7.30. The Balaban J connectivity index is 0.993. The number of piperazine rings is 1. The molecule has 2 aromatic carbocycles. The van der Waals surface area contributed by atoms with E-state index in [1.165, 1.54) is 42.6 Å². The molecule has 4 heterocycles. The fourth-order valence-electron chi connectivity index (χ4n) is 7.30. The van der Waals surface area contributed by atoms with Crippen molar-refractivity contribution in [2.75, 3.05) is 50.7 Å². The number of carbonyl (C=O) groups excluding carboxylic acids is 1. The Bertz CT molecular complexity index is 1530. The number of hydrogen-bond donors (Lipinski definition) is 1. The first-order chi connectivity index (χ1) is 20.5. The smallest absolute Gasteiger partial charge is 0.226 e. The van der Waals surface area contributed by atoms with Gasteiger partial charge in [-0.25, -0.2) is 4.52 Å². The van der Waals surface area contributed by atoms with E-state index in [9.17, 15) is 9.90 Å². The molecular weight excluding hydrogens is 522 g/mol. The minimum atomic E-state index is -0.869. The average Bonchev–Trinajstić information content (AvgIpc) is 3.48. The zero-order valence-corrected chi connectivity index (χ0v) is 24.5. The van der Waals surface area contributed by atoms with Crippen LogP contribution in [0.3, 0.4) is 0 Å². The molecule has 1 saturated carbocycles. The third-order valence-corrected chi connectivity index (χ3v) is 10.00. The lowest BCUT2D eigenvalue weighted by molar-refractivity contribution is -0.153. The van der Waals surface area contributed by atoms with E-state index in [0.717, 1.165) is 36.4 Å². The Labute approximate surface area is 248 Å². The van der Waals surface area contributed by atoms with Crippen molar-refractivity contribution in [3.8, 4) is 11.1 Å². The van der Waals surface area contributed by atoms with Gasteiger partial charge >= 0.3 is 0 Å². The second kappa shape index (κ2) is 11.2. The Morgan fingerprint density at radius 2 is 1.62 bits per heavy atom. The summed E-state index contributed by atoms with van der Waals surface area (Å²) in [6, 6.07) is 23.2. The number of anilines is 1. The summed E-state index contributed by atoms with van der Waals surface area (Å²) in [6.45, 7) is 8.76. The number of benzene rings is 2. The van der Waals surface area contributed by atoms with Crippen molar-refractivity contribution in [2.24, 2.45) is 5.92 Å². The van der Waals surface area contributed by atoms with Crippen molar-refractivity contribution in [2.45, 2.75) is 44.1 Å². The topological polar surface area (TPSA) is 64.3 Å². The van der Waals surface area contributed by atoms with Gasteiger partial charge in [0.25, 0.3) is 0 Å². The predicted octanol–water partition coefficient (Wildman–Crippen LogP) is 5.15. The van der Waals surface area contributed by atoms with Gasteiger partial charge in [-0.2, -0.15) is 5.10 Å². The van der Waals surface area contributed by atoms with Crippen LogP contribution in [0, 0.1) is 5.92 Å². The minimum absolute atomic E-state index is 0.0990. The van der Waals surface area contributed by atoms with Gasteiger partial charge in [0.15, 0.2) is 0 Å². The number of rotatable bonds is 6. The van der Waals surface area contributed by atoms with Crippen molar-refractivity contribution in [1.29, 1.82) is 0 Å². The van der Waals surface area contributed by atoms with Gasteiger partial charge in [-0.3, -0.25) is 4.79 Å². The molecule has 0 atom stereocenters. The molecule has 0 unspecified atom stereocenters. The van der Waals surface area contributed by atoms with Crippen LogP contribution in [0.15, 0.2) is 79.1 Å². The molecule has 0 bridgehead atoms. The zero-order valence-electron chi connectivity index (χ0n) is 24.5. The van der Waals surface area contributed by atoms with E-state index in [1.807, 2.05) is 45.9 Å². The predicted molar refractivity (Wildman–Crippen MR) is 167 cm³/mol. The summed E-state index contributed by atoms with van der Waals surface area (Å²) in [5.74, 6) is 0.741. The van der Waals surface area contributed by atoms with Crippen LogP contribution in [0.25, 0.3) is 16.6 Å². The highest BCUT2D eigenvalue weighted by molar-refractivity contribution is 5.82. The lowest BCUT2D eigenvalue weighted by Crippen LogP contribution is -2.54. The van der Waals surface area contributed by atoms with Crippen LogP contribution < -0.4 is 4.90 Å². The summed E-state index contributed by atoms with van der Waals surface area (Å²) < 4.78 is 1.98. The van der Waals surface area contributed by atoms with Crippen LogP contribution in [-0.4, -0.2) is 76.2 Å². The molecule has 1 N–H and O–H groups in total. The van der Waals surface area contributed by atoms with Gasteiger partial charge in [0.2, 0.25) is 5.91 Å². The van der Waals surface area contributed by atoms with Crippen molar-refractivity contribution in [3.63, 3.8) is 0 Å². The van der Waals surface area contributed by atoms with Gasteiger partial charge in [0.05, 0.1) is 16.8 Å². The zero-order chi connectivity index (χ0) is 28.7. The van der Waals surface area contributed by atoms with E-state index in [2.05, 4.69) is 64.4 Å². The average molecular weight is 564 g/mol.